The zero-order valence-corrected chi connectivity index (χ0v) is 9.86. The number of carbonyl (C=O) groups is 2. The summed E-state index contributed by atoms with van der Waals surface area (Å²) in [6, 6.07) is 0.0785. The van der Waals surface area contributed by atoms with Crippen LogP contribution in [-0.2, 0) is 4.79 Å². The van der Waals surface area contributed by atoms with Crippen LogP contribution in [0.15, 0.2) is 0 Å². The lowest BCUT2D eigenvalue weighted by atomic mass is 10.3. The second-order valence-corrected chi connectivity index (χ2v) is 3.91. The van der Waals surface area contributed by atoms with Gasteiger partial charge in [-0.25, -0.2) is 4.79 Å². The van der Waals surface area contributed by atoms with Crippen LogP contribution in [0, 0.1) is 0 Å². The van der Waals surface area contributed by atoms with Crippen molar-refractivity contribution in [1.82, 2.24) is 9.80 Å². The van der Waals surface area contributed by atoms with Gasteiger partial charge in [0.15, 0.2) is 0 Å². The molecule has 0 saturated carbocycles. The largest absolute Gasteiger partial charge is 0.481 e. The number of hydrogen-bond acceptors (Lipinski definition) is 2. The summed E-state index contributed by atoms with van der Waals surface area (Å²) in [6.45, 7) is 4.34. The minimum absolute atomic E-state index is 0.0737. The molecule has 0 aliphatic heterocycles. The molecule has 0 heterocycles. The summed E-state index contributed by atoms with van der Waals surface area (Å²) in [6.07, 6.45) is 0.590. The van der Waals surface area contributed by atoms with Gasteiger partial charge in [-0.05, 0) is 20.3 Å². The highest BCUT2D eigenvalue weighted by Crippen LogP contribution is 2.01. The van der Waals surface area contributed by atoms with Gasteiger partial charge in [0.2, 0.25) is 0 Å². The Kier molecular flexibility index (Phi) is 5.74. The maximum absolute atomic E-state index is 11.7. The van der Waals surface area contributed by atoms with E-state index in [1.54, 1.807) is 23.9 Å². The third-order valence-corrected chi connectivity index (χ3v) is 2.29. The fraction of sp³-hybridized carbons (Fsp3) is 0.800. The van der Waals surface area contributed by atoms with Crippen molar-refractivity contribution in [3.05, 3.63) is 0 Å². The highest BCUT2D eigenvalue weighted by molar-refractivity contribution is 5.74. The maximum atomic E-state index is 11.7. The fourth-order valence-electron chi connectivity index (χ4n) is 1.05. The van der Waals surface area contributed by atoms with Gasteiger partial charge in [-0.1, -0.05) is 0 Å². The first kappa shape index (κ1) is 13.7. The van der Waals surface area contributed by atoms with Gasteiger partial charge in [0.25, 0.3) is 0 Å². The van der Waals surface area contributed by atoms with Crippen LogP contribution in [0.2, 0.25) is 0 Å². The minimum atomic E-state index is -0.826. The van der Waals surface area contributed by atoms with Gasteiger partial charge in [-0.2, -0.15) is 0 Å². The molecule has 88 valence electrons. The number of nitrogens with zero attached hydrogens (tertiary/aromatic N) is 2. The van der Waals surface area contributed by atoms with Gasteiger partial charge in [0, 0.05) is 33.1 Å². The van der Waals surface area contributed by atoms with Crippen LogP contribution < -0.4 is 0 Å². The van der Waals surface area contributed by atoms with Crippen molar-refractivity contribution in [2.24, 2.45) is 0 Å². The predicted octanol–water partition coefficient (Wildman–Crippen LogP) is 1.24. The lowest BCUT2D eigenvalue weighted by molar-refractivity contribution is -0.137. The number of carbonyl (C=O) groups excluding carboxylic acids is 1. The average Bonchev–Trinajstić information content (AvgIpc) is 2.14. The van der Waals surface area contributed by atoms with Crippen molar-refractivity contribution in [2.45, 2.75) is 32.7 Å². The summed E-state index contributed by atoms with van der Waals surface area (Å²) in [4.78, 5) is 25.1. The predicted molar refractivity (Wildman–Crippen MR) is 57.8 cm³/mol. The van der Waals surface area contributed by atoms with Crippen LogP contribution in [0.4, 0.5) is 4.79 Å². The summed E-state index contributed by atoms with van der Waals surface area (Å²) >= 11 is 0. The van der Waals surface area contributed by atoms with E-state index in [9.17, 15) is 9.59 Å². The second-order valence-electron chi connectivity index (χ2n) is 3.91. The van der Waals surface area contributed by atoms with Crippen LogP contribution in [0.25, 0.3) is 0 Å². The van der Waals surface area contributed by atoms with Gasteiger partial charge in [-0.15, -0.1) is 0 Å². The van der Waals surface area contributed by atoms with E-state index >= 15 is 0 Å². The molecule has 15 heavy (non-hydrogen) atoms. The summed E-state index contributed by atoms with van der Waals surface area (Å²) in [5.74, 6) is -0.826. The average molecular weight is 216 g/mol. The van der Waals surface area contributed by atoms with E-state index in [1.807, 2.05) is 13.8 Å². The normalized spacial score (nSPS) is 10.2. The molecule has 0 fully saturated rings. The molecule has 0 aromatic heterocycles. The molecule has 0 radical (unpaired) electrons. The molecule has 0 saturated heterocycles. The summed E-state index contributed by atoms with van der Waals surface area (Å²) in [7, 11) is 3.42. The quantitative estimate of drug-likeness (QED) is 0.752. The van der Waals surface area contributed by atoms with Crippen LogP contribution in [-0.4, -0.2) is 53.6 Å². The molecule has 1 N–H and O–H groups in total. The fourth-order valence-corrected chi connectivity index (χ4v) is 1.05. The molecule has 0 unspecified atom stereocenters. The zero-order valence-electron chi connectivity index (χ0n) is 9.86. The van der Waals surface area contributed by atoms with Crippen LogP contribution in [0.5, 0.6) is 0 Å². The molecular formula is C10H20N2O3. The van der Waals surface area contributed by atoms with Gasteiger partial charge in [0.05, 0.1) is 0 Å². The SMILES string of the molecule is CC(C)N(C)C(=O)N(C)CCCC(=O)O. The number of rotatable bonds is 5. The third kappa shape index (κ3) is 5.24. The van der Waals surface area contributed by atoms with Crippen LogP contribution in [0.3, 0.4) is 0 Å². The van der Waals surface area contributed by atoms with Crippen molar-refractivity contribution >= 4 is 12.0 Å². The molecule has 0 aliphatic carbocycles. The number of carboxylic acids is 1. The zero-order chi connectivity index (χ0) is 12.0. The molecule has 0 aromatic rings. The molecule has 2 amide bonds. The first-order chi connectivity index (χ1) is 6.86. The first-order valence-corrected chi connectivity index (χ1v) is 5.06. The van der Waals surface area contributed by atoms with E-state index in [-0.39, 0.29) is 18.5 Å². The van der Waals surface area contributed by atoms with Crippen molar-refractivity contribution in [3.63, 3.8) is 0 Å². The van der Waals surface area contributed by atoms with E-state index in [1.165, 1.54) is 0 Å². The Morgan fingerprint density at radius 2 is 1.80 bits per heavy atom. The Morgan fingerprint density at radius 1 is 1.27 bits per heavy atom. The minimum Gasteiger partial charge on any atom is -0.481 e. The molecule has 5 heteroatoms. The Bertz CT molecular complexity index is 229. The Hall–Kier alpha value is -1.26. The van der Waals surface area contributed by atoms with Gasteiger partial charge in [0.1, 0.15) is 0 Å². The van der Waals surface area contributed by atoms with Crippen molar-refractivity contribution in [2.75, 3.05) is 20.6 Å². The highest BCUT2D eigenvalue weighted by Gasteiger charge is 2.16. The van der Waals surface area contributed by atoms with E-state index in [4.69, 9.17) is 5.11 Å². The van der Waals surface area contributed by atoms with Crippen LogP contribution in [0.1, 0.15) is 26.7 Å². The maximum Gasteiger partial charge on any atom is 0.319 e. The Labute approximate surface area is 90.7 Å². The molecule has 0 atom stereocenters. The first-order valence-electron chi connectivity index (χ1n) is 5.06. The number of aliphatic carboxylic acids is 1. The van der Waals surface area contributed by atoms with Gasteiger partial charge in [-0.3, -0.25) is 4.79 Å². The van der Waals surface area contributed by atoms with E-state index in [0.717, 1.165) is 0 Å². The third-order valence-electron chi connectivity index (χ3n) is 2.29. The highest BCUT2D eigenvalue weighted by atomic mass is 16.4. The number of amides is 2. The molecule has 0 bridgehead atoms. The smallest absolute Gasteiger partial charge is 0.319 e. The molecular weight excluding hydrogens is 196 g/mol. The molecule has 5 nitrogen and oxygen atoms in total. The lowest BCUT2D eigenvalue weighted by Crippen LogP contribution is -2.42. The molecule has 0 rings (SSSR count). The second kappa shape index (κ2) is 6.27. The lowest BCUT2D eigenvalue weighted by Gasteiger charge is -2.27. The summed E-state index contributed by atoms with van der Waals surface area (Å²) < 4.78 is 0. The monoisotopic (exact) mass is 216 g/mol. The topological polar surface area (TPSA) is 60.9 Å². The van der Waals surface area contributed by atoms with Crippen LogP contribution >= 0.6 is 0 Å². The molecule has 0 aromatic carbocycles. The van der Waals surface area contributed by atoms with Crippen molar-refractivity contribution in [1.29, 1.82) is 0 Å². The van der Waals surface area contributed by atoms with Gasteiger partial charge < -0.3 is 14.9 Å². The number of hydrogen-bond donors (Lipinski definition) is 1. The van der Waals surface area contributed by atoms with Gasteiger partial charge >= 0.3 is 12.0 Å². The van der Waals surface area contributed by atoms with E-state index < -0.39 is 5.97 Å². The molecule has 0 aliphatic rings. The standard InChI is InChI=1S/C10H20N2O3/c1-8(2)12(4)10(15)11(3)7-5-6-9(13)14/h8H,5-7H2,1-4H3,(H,13,14). The van der Waals surface area contributed by atoms with E-state index in [2.05, 4.69) is 0 Å². The Morgan fingerprint density at radius 3 is 2.20 bits per heavy atom. The Balaban J connectivity index is 3.94. The number of urea groups is 1. The summed E-state index contributed by atoms with van der Waals surface area (Å²) in [5, 5.41) is 8.45. The number of carboxylic acid groups (broad SMARTS) is 1. The molecule has 0 spiro atoms. The van der Waals surface area contributed by atoms with Crippen molar-refractivity contribution < 1.29 is 14.7 Å². The van der Waals surface area contributed by atoms with Crippen molar-refractivity contribution in [3.8, 4) is 0 Å². The van der Waals surface area contributed by atoms with E-state index in [0.29, 0.717) is 13.0 Å². The summed E-state index contributed by atoms with van der Waals surface area (Å²) in [5.41, 5.74) is 0.